The fraction of sp³-hybridized carbons (Fsp3) is 0.250. The van der Waals surface area contributed by atoms with Crippen molar-refractivity contribution in [3.8, 4) is 0 Å². The molecule has 124 valence electrons. The highest BCUT2D eigenvalue weighted by Crippen LogP contribution is 2.19. The van der Waals surface area contributed by atoms with Gasteiger partial charge >= 0.3 is 0 Å². The zero-order valence-electron chi connectivity index (χ0n) is 13.9. The summed E-state index contributed by atoms with van der Waals surface area (Å²) in [6, 6.07) is 18.7. The number of aromatic nitrogens is 1. The maximum atomic E-state index is 13.1. The number of halogens is 1. The molecule has 0 aliphatic carbocycles. The molecule has 1 aromatic heterocycles. The van der Waals surface area contributed by atoms with E-state index in [0.717, 1.165) is 22.2 Å². The van der Waals surface area contributed by atoms with Crippen LogP contribution in [0.4, 0.5) is 4.39 Å². The molecule has 3 nitrogen and oxygen atoms in total. The number of nitrogens with one attached hydrogen (secondary N) is 1. The number of para-hydroxylation sites is 1. The standard InChI is InChI=1S/C20H21FN2O/c1-14(18-12-9-15-5-3-4-6-19(15)23-18)22-13-20(24-2)16-7-10-17(21)11-8-16/h3-12,14,20,22H,13H2,1-2H3/t14-,20-/m1/s1. The average molecular weight is 324 g/mol. The third-order valence-corrected chi connectivity index (χ3v) is 4.20. The Morgan fingerprint density at radius 2 is 1.79 bits per heavy atom. The van der Waals surface area contributed by atoms with E-state index in [9.17, 15) is 4.39 Å². The molecular formula is C20H21FN2O. The summed E-state index contributed by atoms with van der Waals surface area (Å²) in [7, 11) is 1.66. The predicted molar refractivity (Wildman–Crippen MR) is 94.3 cm³/mol. The predicted octanol–water partition coefficient (Wildman–Crippen LogP) is 4.41. The van der Waals surface area contributed by atoms with Gasteiger partial charge in [-0.1, -0.05) is 36.4 Å². The van der Waals surface area contributed by atoms with E-state index in [1.807, 2.05) is 24.3 Å². The first-order valence-electron chi connectivity index (χ1n) is 8.04. The minimum absolute atomic E-state index is 0.0905. The Balaban J connectivity index is 1.68. The topological polar surface area (TPSA) is 34.1 Å². The molecule has 0 amide bonds. The van der Waals surface area contributed by atoms with Gasteiger partial charge in [-0.25, -0.2) is 4.39 Å². The molecule has 0 fully saturated rings. The zero-order chi connectivity index (χ0) is 16.9. The maximum absolute atomic E-state index is 13.1. The van der Waals surface area contributed by atoms with Crippen LogP contribution in [0, 0.1) is 5.82 Å². The van der Waals surface area contributed by atoms with Gasteiger partial charge in [0.15, 0.2) is 0 Å². The van der Waals surface area contributed by atoms with Crippen LogP contribution in [0.5, 0.6) is 0 Å². The molecule has 1 N–H and O–H groups in total. The molecule has 3 aromatic rings. The Hall–Kier alpha value is -2.30. The normalized spacial score (nSPS) is 13.8. The number of benzene rings is 2. The van der Waals surface area contributed by atoms with Crippen molar-refractivity contribution < 1.29 is 9.13 Å². The second kappa shape index (κ2) is 7.51. The third kappa shape index (κ3) is 3.78. The number of hydrogen-bond acceptors (Lipinski definition) is 3. The molecule has 0 aliphatic heterocycles. The van der Waals surface area contributed by atoms with Crippen LogP contribution in [0.15, 0.2) is 60.7 Å². The maximum Gasteiger partial charge on any atom is 0.123 e. The summed E-state index contributed by atoms with van der Waals surface area (Å²) in [5.74, 6) is -0.240. The third-order valence-electron chi connectivity index (χ3n) is 4.20. The number of ether oxygens (including phenoxy) is 1. The highest BCUT2D eigenvalue weighted by molar-refractivity contribution is 5.78. The summed E-state index contributed by atoms with van der Waals surface area (Å²) in [5.41, 5.74) is 2.93. The molecule has 0 saturated carbocycles. The van der Waals surface area contributed by atoms with Gasteiger partial charge in [-0.15, -0.1) is 0 Å². The van der Waals surface area contributed by atoms with E-state index < -0.39 is 0 Å². The number of rotatable bonds is 6. The molecule has 0 spiro atoms. The summed E-state index contributed by atoms with van der Waals surface area (Å²) >= 11 is 0. The Bertz CT molecular complexity index is 804. The number of pyridine rings is 1. The summed E-state index contributed by atoms with van der Waals surface area (Å²) in [4.78, 5) is 4.71. The van der Waals surface area contributed by atoms with E-state index >= 15 is 0 Å². The molecule has 0 bridgehead atoms. The van der Waals surface area contributed by atoms with Gasteiger partial charge in [0.05, 0.1) is 17.3 Å². The van der Waals surface area contributed by atoms with Crippen LogP contribution in [-0.2, 0) is 4.74 Å². The second-order valence-corrected chi connectivity index (χ2v) is 5.83. The molecule has 0 saturated heterocycles. The molecule has 2 atom stereocenters. The van der Waals surface area contributed by atoms with Crippen LogP contribution >= 0.6 is 0 Å². The molecule has 4 heteroatoms. The second-order valence-electron chi connectivity index (χ2n) is 5.83. The van der Waals surface area contributed by atoms with Gasteiger partial charge in [-0.05, 0) is 36.8 Å². The van der Waals surface area contributed by atoms with E-state index in [1.54, 1.807) is 19.2 Å². The van der Waals surface area contributed by atoms with Crippen molar-refractivity contribution in [3.63, 3.8) is 0 Å². The smallest absolute Gasteiger partial charge is 0.123 e. The number of hydrogen-bond donors (Lipinski definition) is 1. The van der Waals surface area contributed by atoms with Crippen molar-refractivity contribution in [1.29, 1.82) is 0 Å². The first kappa shape index (κ1) is 16.6. The SMILES string of the molecule is CO[C@H](CN[C@H](C)c1ccc2ccccc2n1)c1ccc(F)cc1. The fourth-order valence-corrected chi connectivity index (χ4v) is 2.73. The van der Waals surface area contributed by atoms with Crippen molar-refractivity contribution in [1.82, 2.24) is 10.3 Å². The van der Waals surface area contributed by atoms with Crippen LogP contribution in [0.2, 0.25) is 0 Å². The molecular weight excluding hydrogens is 303 g/mol. The van der Waals surface area contributed by atoms with Crippen molar-refractivity contribution in [2.45, 2.75) is 19.1 Å². The summed E-state index contributed by atoms with van der Waals surface area (Å²) in [6.45, 7) is 2.70. The van der Waals surface area contributed by atoms with Gasteiger partial charge in [0.25, 0.3) is 0 Å². The minimum atomic E-state index is -0.240. The lowest BCUT2D eigenvalue weighted by atomic mass is 10.1. The van der Waals surface area contributed by atoms with E-state index in [1.165, 1.54) is 12.1 Å². The number of fused-ring (bicyclic) bond motifs is 1. The van der Waals surface area contributed by atoms with Gasteiger partial charge in [-0.3, -0.25) is 4.98 Å². The van der Waals surface area contributed by atoms with Crippen LogP contribution < -0.4 is 5.32 Å². The van der Waals surface area contributed by atoms with Gasteiger partial charge in [0, 0.05) is 25.1 Å². The van der Waals surface area contributed by atoms with Crippen molar-refractivity contribution in [2.75, 3.05) is 13.7 Å². The molecule has 0 radical (unpaired) electrons. The largest absolute Gasteiger partial charge is 0.375 e. The monoisotopic (exact) mass is 324 g/mol. The van der Waals surface area contributed by atoms with Gasteiger partial charge in [0.2, 0.25) is 0 Å². The summed E-state index contributed by atoms with van der Waals surface area (Å²) in [6.07, 6.45) is -0.131. The van der Waals surface area contributed by atoms with Gasteiger partial charge in [0.1, 0.15) is 5.82 Å². The number of nitrogens with zero attached hydrogens (tertiary/aromatic N) is 1. The highest BCUT2D eigenvalue weighted by atomic mass is 19.1. The summed E-state index contributed by atoms with van der Waals surface area (Å²) in [5, 5.41) is 4.58. The van der Waals surface area contributed by atoms with Gasteiger partial charge in [-0.2, -0.15) is 0 Å². The molecule has 0 unspecified atom stereocenters. The lowest BCUT2D eigenvalue weighted by Gasteiger charge is -2.20. The lowest BCUT2D eigenvalue weighted by Crippen LogP contribution is -2.26. The van der Waals surface area contributed by atoms with E-state index in [0.29, 0.717) is 6.54 Å². The molecule has 0 aliphatic rings. The molecule has 24 heavy (non-hydrogen) atoms. The van der Waals surface area contributed by atoms with Crippen LogP contribution in [0.3, 0.4) is 0 Å². The average Bonchev–Trinajstić information content (AvgIpc) is 2.63. The van der Waals surface area contributed by atoms with E-state index in [2.05, 4.69) is 24.4 Å². The zero-order valence-corrected chi connectivity index (χ0v) is 13.9. The van der Waals surface area contributed by atoms with Gasteiger partial charge < -0.3 is 10.1 Å². The highest BCUT2D eigenvalue weighted by Gasteiger charge is 2.14. The lowest BCUT2D eigenvalue weighted by molar-refractivity contribution is 0.0997. The Labute approximate surface area is 141 Å². The minimum Gasteiger partial charge on any atom is -0.375 e. The molecule has 1 heterocycles. The number of methoxy groups -OCH3 is 1. The van der Waals surface area contributed by atoms with Crippen LogP contribution in [0.25, 0.3) is 10.9 Å². The molecule has 2 aromatic carbocycles. The summed E-state index contributed by atoms with van der Waals surface area (Å²) < 4.78 is 18.6. The Kier molecular flexibility index (Phi) is 5.18. The first-order chi connectivity index (χ1) is 11.7. The van der Waals surface area contributed by atoms with Crippen molar-refractivity contribution in [2.24, 2.45) is 0 Å². The Morgan fingerprint density at radius 1 is 1.04 bits per heavy atom. The van der Waals surface area contributed by atoms with Crippen molar-refractivity contribution in [3.05, 3.63) is 77.7 Å². The quantitative estimate of drug-likeness (QED) is 0.729. The van der Waals surface area contributed by atoms with Crippen LogP contribution in [0.1, 0.15) is 30.3 Å². The van der Waals surface area contributed by atoms with Crippen LogP contribution in [-0.4, -0.2) is 18.6 Å². The molecule has 3 rings (SSSR count). The Morgan fingerprint density at radius 3 is 2.54 bits per heavy atom. The fourth-order valence-electron chi connectivity index (χ4n) is 2.73. The first-order valence-corrected chi connectivity index (χ1v) is 8.04. The van der Waals surface area contributed by atoms with E-state index in [4.69, 9.17) is 9.72 Å². The van der Waals surface area contributed by atoms with E-state index in [-0.39, 0.29) is 18.0 Å². The van der Waals surface area contributed by atoms with Crippen molar-refractivity contribution >= 4 is 10.9 Å².